The van der Waals surface area contributed by atoms with Gasteiger partial charge in [-0.3, -0.25) is 4.90 Å². The zero-order chi connectivity index (χ0) is 12.3. The first-order chi connectivity index (χ1) is 8.24. The second-order valence-corrected chi connectivity index (χ2v) is 5.81. The van der Waals surface area contributed by atoms with Crippen molar-refractivity contribution < 1.29 is 5.11 Å². The van der Waals surface area contributed by atoms with Gasteiger partial charge < -0.3 is 10.4 Å². The van der Waals surface area contributed by atoms with E-state index >= 15 is 0 Å². The maximum absolute atomic E-state index is 9.65. The Morgan fingerprint density at radius 2 is 2.18 bits per heavy atom. The highest BCUT2D eigenvalue weighted by molar-refractivity contribution is 5.01. The first-order valence-corrected chi connectivity index (χ1v) is 7.36. The third-order valence-electron chi connectivity index (χ3n) is 4.80. The van der Waals surface area contributed by atoms with E-state index in [2.05, 4.69) is 24.1 Å². The normalized spacial score (nSPS) is 39.0. The Hall–Kier alpha value is -0.120. The molecule has 2 fully saturated rings. The number of aliphatic hydroxyl groups excluding tert-OH is 1. The summed E-state index contributed by atoms with van der Waals surface area (Å²) >= 11 is 0. The molecule has 1 heterocycles. The van der Waals surface area contributed by atoms with Gasteiger partial charge in [-0.25, -0.2) is 0 Å². The number of aliphatic hydroxyl groups is 1. The summed E-state index contributed by atoms with van der Waals surface area (Å²) in [5.41, 5.74) is 0.0142. The molecule has 3 unspecified atom stereocenters. The number of rotatable bonds is 5. The van der Waals surface area contributed by atoms with Crippen molar-refractivity contribution >= 4 is 0 Å². The molecular formula is C14H28N2O. The molecule has 1 aliphatic heterocycles. The van der Waals surface area contributed by atoms with Crippen LogP contribution in [0.15, 0.2) is 0 Å². The van der Waals surface area contributed by atoms with Gasteiger partial charge in [0.25, 0.3) is 0 Å². The molecule has 0 spiro atoms. The molecule has 3 nitrogen and oxygen atoms in total. The molecule has 0 bridgehead atoms. The monoisotopic (exact) mass is 240 g/mol. The van der Waals surface area contributed by atoms with Crippen LogP contribution in [0.5, 0.6) is 0 Å². The second-order valence-electron chi connectivity index (χ2n) is 5.81. The van der Waals surface area contributed by atoms with Crippen LogP contribution in [0.25, 0.3) is 0 Å². The summed E-state index contributed by atoms with van der Waals surface area (Å²) in [4.78, 5) is 2.72. The van der Waals surface area contributed by atoms with Crippen molar-refractivity contribution in [3.8, 4) is 0 Å². The summed E-state index contributed by atoms with van der Waals surface area (Å²) in [7, 11) is 0. The van der Waals surface area contributed by atoms with E-state index in [1.54, 1.807) is 0 Å². The molecule has 2 N–H and O–H groups in total. The molecule has 0 aromatic rings. The highest BCUT2D eigenvalue weighted by atomic mass is 16.3. The Bertz CT molecular complexity index is 246. The lowest BCUT2D eigenvalue weighted by molar-refractivity contribution is 0.136. The first kappa shape index (κ1) is 13.3. The third-order valence-corrected chi connectivity index (χ3v) is 4.80. The Balaban J connectivity index is 1.96. The van der Waals surface area contributed by atoms with Crippen LogP contribution < -0.4 is 5.32 Å². The van der Waals surface area contributed by atoms with Gasteiger partial charge in [0, 0.05) is 17.6 Å². The van der Waals surface area contributed by atoms with Crippen molar-refractivity contribution in [1.29, 1.82) is 0 Å². The van der Waals surface area contributed by atoms with Crippen molar-refractivity contribution in [2.24, 2.45) is 0 Å². The Morgan fingerprint density at radius 3 is 2.82 bits per heavy atom. The molecule has 2 rings (SSSR count). The molecule has 0 aromatic heterocycles. The predicted octanol–water partition coefficient (Wildman–Crippen LogP) is 1.75. The molecule has 1 saturated heterocycles. The molecule has 0 amide bonds. The van der Waals surface area contributed by atoms with Crippen molar-refractivity contribution in [3.05, 3.63) is 0 Å². The summed E-state index contributed by atoms with van der Waals surface area (Å²) in [6, 6.07) is 1.50. The van der Waals surface area contributed by atoms with Crippen LogP contribution in [0.2, 0.25) is 0 Å². The number of nitrogens with one attached hydrogen (secondary N) is 1. The van der Waals surface area contributed by atoms with E-state index in [-0.39, 0.29) is 5.54 Å². The van der Waals surface area contributed by atoms with Crippen molar-refractivity contribution in [1.82, 2.24) is 10.2 Å². The molecule has 1 aliphatic carbocycles. The Morgan fingerprint density at radius 1 is 1.35 bits per heavy atom. The molecule has 17 heavy (non-hydrogen) atoms. The number of likely N-dealkylation sites (tertiary alicyclic amines) is 1. The standard InChI is InChI=1S/C14H28N2O/c1-3-12-6-5-9-16(12)13-7-8-14(10-13,11-17)15-4-2/h12-13,15,17H,3-11H2,1-2H3. The van der Waals surface area contributed by atoms with Crippen LogP contribution in [0.1, 0.15) is 52.4 Å². The fraction of sp³-hybridized carbons (Fsp3) is 1.00. The van der Waals surface area contributed by atoms with Crippen LogP contribution in [-0.2, 0) is 0 Å². The highest BCUT2D eigenvalue weighted by Crippen LogP contribution is 2.36. The van der Waals surface area contributed by atoms with E-state index in [1.165, 1.54) is 32.2 Å². The van der Waals surface area contributed by atoms with Gasteiger partial charge in [0.1, 0.15) is 0 Å². The lowest BCUT2D eigenvalue weighted by atomic mass is 9.98. The van der Waals surface area contributed by atoms with Gasteiger partial charge in [-0.1, -0.05) is 13.8 Å². The van der Waals surface area contributed by atoms with Crippen molar-refractivity contribution in [2.45, 2.75) is 70.0 Å². The zero-order valence-electron chi connectivity index (χ0n) is 11.4. The summed E-state index contributed by atoms with van der Waals surface area (Å²) in [6.45, 7) is 6.97. The summed E-state index contributed by atoms with van der Waals surface area (Å²) < 4.78 is 0. The van der Waals surface area contributed by atoms with Crippen molar-refractivity contribution in [3.63, 3.8) is 0 Å². The van der Waals surface area contributed by atoms with Gasteiger partial charge in [-0.2, -0.15) is 0 Å². The topological polar surface area (TPSA) is 35.5 Å². The van der Waals surface area contributed by atoms with Gasteiger partial charge in [0.05, 0.1) is 6.61 Å². The van der Waals surface area contributed by atoms with E-state index in [9.17, 15) is 5.11 Å². The average Bonchev–Trinajstić information content (AvgIpc) is 2.95. The minimum absolute atomic E-state index is 0.0142. The number of nitrogens with zero attached hydrogens (tertiary/aromatic N) is 1. The first-order valence-electron chi connectivity index (χ1n) is 7.36. The quantitative estimate of drug-likeness (QED) is 0.768. The number of hydrogen-bond acceptors (Lipinski definition) is 3. The second kappa shape index (κ2) is 5.68. The predicted molar refractivity (Wildman–Crippen MR) is 71.2 cm³/mol. The number of hydrogen-bond donors (Lipinski definition) is 2. The van der Waals surface area contributed by atoms with Crippen molar-refractivity contribution in [2.75, 3.05) is 19.7 Å². The maximum Gasteiger partial charge on any atom is 0.0613 e. The SMILES string of the molecule is CCNC1(CO)CCC(N2CCCC2CC)C1. The van der Waals surface area contributed by atoms with E-state index in [0.29, 0.717) is 12.6 Å². The fourth-order valence-electron chi connectivity index (χ4n) is 3.89. The molecule has 3 heteroatoms. The zero-order valence-corrected chi connectivity index (χ0v) is 11.4. The Labute approximate surface area is 106 Å². The largest absolute Gasteiger partial charge is 0.394 e. The average molecular weight is 240 g/mol. The summed E-state index contributed by atoms with van der Waals surface area (Å²) in [6.07, 6.45) is 7.54. The van der Waals surface area contributed by atoms with Crippen LogP contribution in [-0.4, -0.2) is 47.3 Å². The Kier molecular flexibility index (Phi) is 4.45. The third kappa shape index (κ3) is 2.67. The van der Waals surface area contributed by atoms with Crippen LogP contribution in [0, 0.1) is 0 Å². The van der Waals surface area contributed by atoms with E-state index in [4.69, 9.17) is 0 Å². The lowest BCUT2D eigenvalue weighted by Crippen LogP contribution is -2.48. The van der Waals surface area contributed by atoms with Gasteiger partial charge in [0.2, 0.25) is 0 Å². The summed E-state index contributed by atoms with van der Waals surface area (Å²) in [5.74, 6) is 0. The smallest absolute Gasteiger partial charge is 0.0613 e. The molecule has 2 aliphatic rings. The minimum Gasteiger partial charge on any atom is -0.394 e. The molecule has 0 aromatic carbocycles. The van der Waals surface area contributed by atoms with Gasteiger partial charge in [0.15, 0.2) is 0 Å². The molecule has 0 radical (unpaired) electrons. The van der Waals surface area contributed by atoms with E-state index < -0.39 is 0 Å². The minimum atomic E-state index is 0.0142. The molecule has 1 saturated carbocycles. The van der Waals surface area contributed by atoms with Gasteiger partial charge in [-0.15, -0.1) is 0 Å². The van der Waals surface area contributed by atoms with E-state index in [0.717, 1.165) is 25.4 Å². The highest BCUT2D eigenvalue weighted by Gasteiger charge is 2.42. The van der Waals surface area contributed by atoms with Crippen LogP contribution in [0.3, 0.4) is 0 Å². The maximum atomic E-state index is 9.65. The number of likely N-dealkylation sites (N-methyl/N-ethyl adjacent to an activating group) is 1. The molecule has 3 atom stereocenters. The molecular weight excluding hydrogens is 212 g/mol. The lowest BCUT2D eigenvalue weighted by Gasteiger charge is -2.33. The van der Waals surface area contributed by atoms with Gasteiger partial charge in [-0.05, 0) is 51.6 Å². The fourth-order valence-corrected chi connectivity index (χ4v) is 3.89. The van der Waals surface area contributed by atoms with E-state index in [1.807, 2.05) is 0 Å². The summed E-state index contributed by atoms with van der Waals surface area (Å²) in [5, 5.41) is 13.2. The molecule has 100 valence electrons. The van der Waals surface area contributed by atoms with Gasteiger partial charge >= 0.3 is 0 Å². The van der Waals surface area contributed by atoms with Crippen LogP contribution in [0.4, 0.5) is 0 Å². The van der Waals surface area contributed by atoms with Crippen LogP contribution >= 0.6 is 0 Å².